The molecule has 0 spiro atoms. The van der Waals surface area contributed by atoms with Crippen LogP contribution in [0.15, 0.2) is 0 Å². The third-order valence-corrected chi connectivity index (χ3v) is 5.54. The summed E-state index contributed by atoms with van der Waals surface area (Å²) in [6.45, 7) is 8.56. The first-order valence-corrected chi connectivity index (χ1v) is 8.33. The maximum atomic E-state index is 12.7. The Labute approximate surface area is 115 Å². The van der Waals surface area contributed by atoms with Crippen molar-refractivity contribution in [2.45, 2.75) is 64.7 Å². The van der Waals surface area contributed by atoms with Crippen molar-refractivity contribution in [1.82, 2.24) is 10.2 Å². The van der Waals surface area contributed by atoms with E-state index in [1.54, 1.807) is 0 Å². The summed E-state index contributed by atoms with van der Waals surface area (Å²) in [4.78, 5) is 14.9. The van der Waals surface area contributed by atoms with E-state index < -0.39 is 0 Å². The van der Waals surface area contributed by atoms with Gasteiger partial charge in [-0.2, -0.15) is 11.8 Å². The average molecular weight is 270 g/mol. The van der Waals surface area contributed by atoms with Gasteiger partial charge in [-0.25, -0.2) is 0 Å². The van der Waals surface area contributed by atoms with Crippen molar-refractivity contribution in [1.29, 1.82) is 0 Å². The van der Waals surface area contributed by atoms with Gasteiger partial charge in [-0.05, 0) is 37.9 Å². The van der Waals surface area contributed by atoms with E-state index in [0.717, 1.165) is 12.2 Å². The summed E-state index contributed by atoms with van der Waals surface area (Å²) in [5.41, 5.74) is -0.350. The fourth-order valence-electron chi connectivity index (χ4n) is 2.95. The van der Waals surface area contributed by atoms with E-state index in [1.807, 2.05) is 11.8 Å². The van der Waals surface area contributed by atoms with Gasteiger partial charge in [0.25, 0.3) is 0 Å². The molecule has 18 heavy (non-hydrogen) atoms. The molecule has 0 bridgehead atoms. The van der Waals surface area contributed by atoms with E-state index in [-0.39, 0.29) is 11.7 Å². The largest absolute Gasteiger partial charge is 0.321 e. The molecule has 0 aromatic carbocycles. The molecule has 1 N–H and O–H groups in total. The average Bonchev–Trinajstić information content (AvgIpc) is 2.64. The van der Waals surface area contributed by atoms with Crippen LogP contribution in [-0.4, -0.2) is 40.1 Å². The number of nitrogens with zero attached hydrogens (tertiary/aromatic N) is 1. The van der Waals surface area contributed by atoms with Crippen LogP contribution in [0.2, 0.25) is 0 Å². The third-order valence-electron chi connectivity index (χ3n) is 4.34. The second-order valence-corrected chi connectivity index (χ2v) is 7.25. The molecule has 0 aromatic heterocycles. The Morgan fingerprint density at radius 3 is 2.78 bits per heavy atom. The van der Waals surface area contributed by atoms with Crippen molar-refractivity contribution in [2.75, 3.05) is 11.5 Å². The molecule has 1 amide bonds. The van der Waals surface area contributed by atoms with Crippen molar-refractivity contribution in [3.8, 4) is 0 Å². The Balaban J connectivity index is 2.21. The van der Waals surface area contributed by atoms with Gasteiger partial charge < -0.3 is 4.90 Å². The topological polar surface area (TPSA) is 32.3 Å². The zero-order valence-electron chi connectivity index (χ0n) is 12.0. The minimum Gasteiger partial charge on any atom is -0.321 e. The number of nitrogens with one attached hydrogen (secondary N) is 1. The summed E-state index contributed by atoms with van der Waals surface area (Å²) >= 11 is 1.99. The van der Waals surface area contributed by atoms with Gasteiger partial charge in [0.2, 0.25) is 5.91 Å². The molecule has 3 unspecified atom stereocenters. The first kappa shape index (κ1) is 14.2. The number of rotatable bonds is 3. The Hall–Kier alpha value is -0.220. The highest BCUT2D eigenvalue weighted by Crippen LogP contribution is 2.33. The Morgan fingerprint density at radius 1 is 1.56 bits per heavy atom. The van der Waals surface area contributed by atoms with Crippen molar-refractivity contribution < 1.29 is 4.79 Å². The van der Waals surface area contributed by atoms with Crippen LogP contribution < -0.4 is 5.32 Å². The van der Waals surface area contributed by atoms with Gasteiger partial charge in [-0.15, -0.1) is 0 Å². The van der Waals surface area contributed by atoms with Gasteiger partial charge in [0.15, 0.2) is 0 Å². The molecule has 2 saturated heterocycles. The number of hydrogen-bond acceptors (Lipinski definition) is 3. The molecular formula is C14H26N2OS. The number of thioether (sulfide) groups is 1. The van der Waals surface area contributed by atoms with Crippen LogP contribution in [0.4, 0.5) is 0 Å². The van der Waals surface area contributed by atoms with Gasteiger partial charge in [-0.1, -0.05) is 20.8 Å². The zero-order chi connectivity index (χ0) is 13.3. The lowest BCUT2D eigenvalue weighted by molar-refractivity contribution is -0.135. The second-order valence-electron chi connectivity index (χ2n) is 6.10. The van der Waals surface area contributed by atoms with E-state index in [0.29, 0.717) is 17.9 Å². The number of carbonyl (C=O) groups is 1. The van der Waals surface area contributed by atoms with Crippen LogP contribution in [0, 0.1) is 5.92 Å². The third kappa shape index (κ3) is 2.42. The fourth-order valence-corrected chi connectivity index (χ4v) is 4.08. The van der Waals surface area contributed by atoms with Gasteiger partial charge in [0.05, 0.1) is 11.7 Å². The molecule has 3 atom stereocenters. The predicted molar refractivity (Wildman–Crippen MR) is 77.7 cm³/mol. The van der Waals surface area contributed by atoms with Crippen LogP contribution in [0.1, 0.15) is 47.0 Å². The Bertz CT molecular complexity index is 315. The van der Waals surface area contributed by atoms with Crippen molar-refractivity contribution in [3.05, 3.63) is 0 Å². The number of amides is 1. The SMILES string of the molecule is CCC1(C)NC(C(C)C)N(C2CCCSC2)C1=O. The lowest BCUT2D eigenvalue weighted by atomic mass is 9.98. The van der Waals surface area contributed by atoms with Crippen LogP contribution in [0.5, 0.6) is 0 Å². The maximum absolute atomic E-state index is 12.7. The lowest BCUT2D eigenvalue weighted by Crippen LogP contribution is -2.49. The van der Waals surface area contributed by atoms with E-state index in [4.69, 9.17) is 0 Å². The van der Waals surface area contributed by atoms with Crippen molar-refractivity contribution >= 4 is 17.7 Å². The molecule has 0 aromatic rings. The monoisotopic (exact) mass is 270 g/mol. The van der Waals surface area contributed by atoms with Gasteiger partial charge in [0, 0.05) is 11.8 Å². The van der Waals surface area contributed by atoms with Gasteiger partial charge in [-0.3, -0.25) is 10.1 Å². The molecule has 2 fully saturated rings. The van der Waals surface area contributed by atoms with E-state index in [1.165, 1.54) is 18.6 Å². The summed E-state index contributed by atoms with van der Waals surface area (Å²) in [6.07, 6.45) is 3.49. The highest BCUT2D eigenvalue weighted by molar-refractivity contribution is 7.99. The predicted octanol–water partition coefficient (Wildman–Crippen LogP) is 2.46. The van der Waals surface area contributed by atoms with Crippen LogP contribution in [0.25, 0.3) is 0 Å². The molecule has 104 valence electrons. The summed E-state index contributed by atoms with van der Waals surface area (Å²) in [7, 11) is 0. The van der Waals surface area contributed by atoms with Crippen LogP contribution >= 0.6 is 11.8 Å². The lowest BCUT2D eigenvalue weighted by Gasteiger charge is -2.36. The molecule has 2 rings (SSSR count). The first-order chi connectivity index (χ1) is 8.49. The normalized spacial score (nSPS) is 37.6. The molecule has 0 radical (unpaired) electrons. The molecule has 4 heteroatoms. The first-order valence-electron chi connectivity index (χ1n) is 7.18. The Kier molecular flexibility index (Phi) is 4.27. The molecule has 2 aliphatic heterocycles. The number of carbonyl (C=O) groups excluding carboxylic acids is 1. The molecule has 3 nitrogen and oxygen atoms in total. The molecule has 2 heterocycles. The zero-order valence-corrected chi connectivity index (χ0v) is 12.8. The molecule has 2 aliphatic rings. The standard InChI is InChI=1S/C14H26N2OS/c1-5-14(4)13(17)16(12(15-14)10(2)3)11-7-6-8-18-9-11/h10-12,15H,5-9H2,1-4H3. The van der Waals surface area contributed by atoms with Gasteiger partial charge >= 0.3 is 0 Å². The van der Waals surface area contributed by atoms with Crippen molar-refractivity contribution in [2.24, 2.45) is 5.92 Å². The minimum absolute atomic E-state index is 0.214. The summed E-state index contributed by atoms with van der Waals surface area (Å²) < 4.78 is 0. The van der Waals surface area contributed by atoms with Crippen LogP contribution in [-0.2, 0) is 4.79 Å². The Morgan fingerprint density at radius 2 is 2.28 bits per heavy atom. The van der Waals surface area contributed by atoms with Gasteiger partial charge in [0.1, 0.15) is 0 Å². The smallest absolute Gasteiger partial charge is 0.244 e. The quantitative estimate of drug-likeness (QED) is 0.855. The molecule has 0 saturated carbocycles. The minimum atomic E-state index is -0.350. The fraction of sp³-hybridized carbons (Fsp3) is 0.929. The van der Waals surface area contributed by atoms with Crippen LogP contribution in [0.3, 0.4) is 0 Å². The summed E-state index contributed by atoms with van der Waals surface area (Å²) in [5, 5.41) is 3.58. The molecule has 0 aliphatic carbocycles. The van der Waals surface area contributed by atoms with Crippen molar-refractivity contribution in [3.63, 3.8) is 0 Å². The van der Waals surface area contributed by atoms with E-state index in [9.17, 15) is 4.79 Å². The van der Waals surface area contributed by atoms with E-state index >= 15 is 0 Å². The highest BCUT2D eigenvalue weighted by Gasteiger charge is 2.49. The second kappa shape index (κ2) is 5.41. The number of hydrogen-bond donors (Lipinski definition) is 1. The highest BCUT2D eigenvalue weighted by atomic mass is 32.2. The maximum Gasteiger partial charge on any atom is 0.244 e. The summed E-state index contributed by atoms with van der Waals surface area (Å²) in [6, 6.07) is 0.435. The molecular weight excluding hydrogens is 244 g/mol. The summed E-state index contributed by atoms with van der Waals surface area (Å²) in [5.74, 6) is 3.14. The van der Waals surface area contributed by atoms with E-state index in [2.05, 4.69) is 37.9 Å².